The Kier molecular flexibility index (Phi) is 5.61. The molecule has 146 valence electrons. The summed E-state index contributed by atoms with van der Waals surface area (Å²) >= 11 is 0. The second-order valence-corrected chi connectivity index (χ2v) is 8.42. The van der Waals surface area contributed by atoms with Crippen molar-refractivity contribution in [2.24, 2.45) is 0 Å². The lowest BCUT2D eigenvalue weighted by Crippen LogP contribution is -2.09. The Hall–Kier alpha value is -2.98. The van der Waals surface area contributed by atoms with E-state index in [1.165, 1.54) is 0 Å². The minimum atomic E-state index is -3.34. The molecule has 1 heterocycles. The molecule has 3 aromatic rings. The maximum atomic E-state index is 11.4. The molecule has 0 aliphatic rings. The predicted molar refractivity (Wildman–Crippen MR) is 112 cm³/mol. The summed E-state index contributed by atoms with van der Waals surface area (Å²) in [5, 5.41) is 10.7. The Morgan fingerprint density at radius 2 is 1.89 bits per heavy atom. The van der Waals surface area contributed by atoms with Crippen molar-refractivity contribution in [1.82, 2.24) is 4.57 Å². The minimum absolute atomic E-state index is 0.489. The number of ether oxygens (including phenoxy) is 1. The lowest BCUT2D eigenvalue weighted by atomic mass is 10.1. The number of methoxy groups -OCH3 is 1. The van der Waals surface area contributed by atoms with Gasteiger partial charge in [0.15, 0.2) is 0 Å². The second-order valence-electron chi connectivity index (χ2n) is 6.68. The number of benzene rings is 2. The number of sulfonamides is 1. The van der Waals surface area contributed by atoms with Gasteiger partial charge in [-0.15, -0.1) is 0 Å². The summed E-state index contributed by atoms with van der Waals surface area (Å²) in [6, 6.07) is 15.2. The van der Waals surface area contributed by atoms with Crippen LogP contribution in [0.25, 0.3) is 22.2 Å². The molecule has 0 aliphatic heterocycles. The maximum Gasteiger partial charge on any atom is 0.229 e. The van der Waals surface area contributed by atoms with Crippen LogP contribution in [0, 0.1) is 11.3 Å². The summed E-state index contributed by atoms with van der Waals surface area (Å²) < 4.78 is 32.9. The molecular formula is C21H23N3O3S. The minimum Gasteiger partial charge on any atom is -0.497 e. The van der Waals surface area contributed by atoms with Gasteiger partial charge >= 0.3 is 0 Å². The molecule has 1 aromatic heterocycles. The van der Waals surface area contributed by atoms with Crippen LogP contribution in [0.4, 0.5) is 5.69 Å². The summed E-state index contributed by atoms with van der Waals surface area (Å²) in [5.74, 6) is 0.742. The van der Waals surface area contributed by atoms with E-state index >= 15 is 0 Å². The molecule has 0 radical (unpaired) electrons. The fourth-order valence-corrected chi connectivity index (χ4v) is 3.89. The Morgan fingerprint density at radius 1 is 1.18 bits per heavy atom. The third kappa shape index (κ3) is 3.97. The van der Waals surface area contributed by atoms with Gasteiger partial charge in [-0.1, -0.05) is 25.5 Å². The summed E-state index contributed by atoms with van der Waals surface area (Å²) in [6.07, 6.45) is 3.12. The molecule has 1 N–H and O–H groups in total. The van der Waals surface area contributed by atoms with Crippen LogP contribution in [-0.4, -0.2) is 26.4 Å². The van der Waals surface area contributed by atoms with Gasteiger partial charge in [0.25, 0.3) is 0 Å². The molecule has 0 saturated heterocycles. The molecule has 0 amide bonds. The lowest BCUT2D eigenvalue weighted by Gasteiger charge is -2.12. The van der Waals surface area contributed by atoms with E-state index in [0.29, 0.717) is 11.3 Å². The zero-order chi connectivity index (χ0) is 20.3. The van der Waals surface area contributed by atoms with Gasteiger partial charge in [-0.05, 0) is 36.2 Å². The zero-order valence-corrected chi connectivity index (χ0v) is 17.0. The van der Waals surface area contributed by atoms with Crippen molar-refractivity contribution in [2.45, 2.75) is 26.3 Å². The highest BCUT2D eigenvalue weighted by molar-refractivity contribution is 7.92. The highest BCUT2D eigenvalue weighted by Crippen LogP contribution is 2.36. The van der Waals surface area contributed by atoms with Gasteiger partial charge in [0.2, 0.25) is 10.0 Å². The van der Waals surface area contributed by atoms with Gasteiger partial charge in [-0.25, -0.2) is 8.42 Å². The van der Waals surface area contributed by atoms with Gasteiger partial charge in [-0.2, -0.15) is 5.26 Å². The average molecular weight is 398 g/mol. The third-order valence-corrected chi connectivity index (χ3v) is 5.19. The van der Waals surface area contributed by atoms with Crippen molar-refractivity contribution in [3.63, 3.8) is 0 Å². The number of aromatic nitrogens is 1. The Balaban J connectivity index is 2.19. The van der Waals surface area contributed by atoms with Gasteiger partial charge in [0.1, 0.15) is 11.8 Å². The molecule has 6 nitrogen and oxygen atoms in total. The summed E-state index contributed by atoms with van der Waals surface area (Å²) in [7, 11) is -1.71. The van der Waals surface area contributed by atoms with Crippen molar-refractivity contribution in [2.75, 3.05) is 18.1 Å². The van der Waals surface area contributed by atoms with Crippen LogP contribution in [-0.2, 0) is 16.6 Å². The fourth-order valence-electron chi connectivity index (χ4n) is 3.33. The number of nitrogens with one attached hydrogen (secondary N) is 1. The molecule has 28 heavy (non-hydrogen) atoms. The number of rotatable bonds is 7. The molecule has 0 saturated carbocycles. The number of hydrogen-bond donors (Lipinski definition) is 1. The number of anilines is 1. The number of hydrogen-bond acceptors (Lipinski definition) is 4. The SMILES string of the molecule is CCCCn1c(-c2ccc(NS(C)(=O)=O)cc2)c(C#N)c2ccc(OC)cc21. The maximum absolute atomic E-state index is 11.4. The van der Waals surface area contributed by atoms with Crippen LogP contribution in [0.1, 0.15) is 25.3 Å². The molecule has 0 atom stereocenters. The van der Waals surface area contributed by atoms with Crippen molar-refractivity contribution in [3.05, 3.63) is 48.0 Å². The normalized spacial score (nSPS) is 11.4. The van der Waals surface area contributed by atoms with E-state index in [9.17, 15) is 13.7 Å². The molecule has 0 aliphatic carbocycles. The van der Waals surface area contributed by atoms with E-state index in [4.69, 9.17) is 4.74 Å². The third-order valence-electron chi connectivity index (χ3n) is 4.58. The van der Waals surface area contributed by atoms with Crippen LogP contribution in [0.3, 0.4) is 0 Å². The van der Waals surface area contributed by atoms with Gasteiger partial charge in [-0.3, -0.25) is 4.72 Å². The molecule has 0 unspecified atom stereocenters. The summed E-state index contributed by atoms with van der Waals surface area (Å²) in [5.41, 5.74) is 3.75. The Bertz CT molecular complexity index is 1140. The van der Waals surface area contributed by atoms with Crippen molar-refractivity contribution in [3.8, 4) is 23.1 Å². The van der Waals surface area contributed by atoms with E-state index in [1.807, 2.05) is 30.3 Å². The fraction of sp³-hybridized carbons (Fsp3) is 0.286. The first-order valence-corrected chi connectivity index (χ1v) is 11.0. The van der Waals surface area contributed by atoms with Crippen LogP contribution in [0.15, 0.2) is 42.5 Å². The first-order valence-electron chi connectivity index (χ1n) is 9.06. The molecule has 0 fully saturated rings. The van der Waals surface area contributed by atoms with Gasteiger partial charge in [0, 0.05) is 23.7 Å². The van der Waals surface area contributed by atoms with E-state index in [-0.39, 0.29) is 0 Å². The predicted octanol–water partition coefficient (Wildman–Crippen LogP) is 4.36. The standard InChI is InChI=1S/C21H23N3O3S/c1-4-5-12-24-20-13-17(27-2)10-11-18(20)19(14-22)21(24)15-6-8-16(9-7-15)23-28(3,25)26/h6-11,13,23H,4-5,12H2,1-3H3. The van der Waals surface area contributed by atoms with Crippen molar-refractivity contribution < 1.29 is 13.2 Å². The smallest absolute Gasteiger partial charge is 0.229 e. The molecule has 3 rings (SSSR count). The summed E-state index contributed by atoms with van der Waals surface area (Å²) in [4.78, 5) is 0. The topological polar surface area (TPSA) is 84.1 Å². The first-order chi connectivity index (χ1) is 13.4. The van der Waals surface area contributed by atoms with Crippen molar-refractivity contribution in [1.29, 1.82) is 5.26 Å². The number of fused-ring (bicyclic) bond motifs is 1. The Morgan fingerprint density at radius 3 is 2.46 bits per heavy atom. The molecule has 2 aromatic carbocycles. The van der Waals surface area contributed by atoms with Crippen LogP contribution in [0.2, 0.25) is 0 Å². The highest BCUT2D eigenvalue weighted by atomic mass is 32.2. The molecule has 0 bridgehead atoms. The van der Waals surface area contributed by atoms with E-state index in [0.717, 1.165) is 53.6 Å². The largest absolute Gasteiger partial charge is 0.497 e. The molecule has 7 heteroatoms. The quantitative estimate of drug-likeness (QED) is 0.642. The van der Waals surface area contributed by atoms with Crippen LogP contribution < -0.4 is 9.46 Å². The van der Waals surface area contributed by atoms with Gasteiger partial charge in [0.05, 0.1) is 30.1 Å². The highest BCUT2D eigenvalue weighted by Gasteiger charge is 2.19. The molecule has 0 spiro atoms. The summed E-state index contributed by atoms with van der Waals surface area (Å²) in [6.45, 7) is 2.91. The Labute approximate surface area is 165 Å². The number of nitriles is 1. The molecular weight excluding hydrogens is 374 g/mol. The number of unbranched alkanes of at least 4 members (excludes halogenated alkanes) is 1. The van der Waals surface area contributed by atoms with E-state index in [2.05, 4.69) is 22.3 Å². The second kappa shape index (κ2) is 7.95. The van der Waals surface area contributed by atoms with Crippen molar-refractivity contribution >= 4 is 26.6 Å². The first kappa shape index (κ1) is 19.8. The number of nitrogens with zero attached hydrogens (tertiary/aromatic N) is 2. The van der Waals surface area contributed by atoms with Gasteiger partial charge < -0.3 is 9.30 Å². The van der Waals surface area contributed by atoms with E-state index in [1.54, 1.807) is 19.2 Å². The van der Waals surface area contributed by atoms with Crippen LogP contribution in [0.5, 0.6) is 5.75 Å². The monoisotopic (exact) mass is 397 g/mol. The van der Waals surface area contributed by atoms with E-state index < -0.39 is 10.0 Å². The zero-order valence-electron chi connectivity index (χ0n) is 16.2. The number of aryl methyl sites for hydroxylation is 1. The lowest BCUT2D eigenvalue weighted by molar-refractivity contribution is 0.415. The van der Waals surface area contributed by atoms with Crippen LogP contribution >= 0.6 is 0 Å². The average Bonchev–Trinajstić information content (AvgIpc) is 2.98.